The summed E-state index contributed by atoms with van der Waals surface area (Å²) in [5, 5.41) is 0.631. The van der Waals surface area contributed by atoms with Crippen LogP contribution in [0.4, 0.5) is 0 Å². The third-order valence-electron chi connectivity index (χ3n) is 4.29. The zero-order chi connectivity index (χ0) is 18.8. The first-order chi connectivity index (χ1) is 12.7. The van der Waals surface area contributed by atoms with Gasteiger partial charge in [0.2, 0.25) is 0 Å². The van der Waals surface area contributed by atoms with E-state index in [9.17, 15) is 0 Å². The Hall–Kier alpha value is -1.97. The Morgan fingerprint density at radius 2 is 1.81 bits per heavy atom. The molecule has 0 unspecified atom stereocenters. The largest absolute Gasteiger partial charge is 0.302 e. The van der Waals surface area contributed by atoms with Crippen molar-refractivity contribution >= 4 is 11.6 Å². The van der Waals surface area contributed by atoms with Crippen LogP contribution in [0.3, 0.4) is 0 Å². The van der Waals surface area contributed by atoms with E-state index in [1.54, 1.807) is 6.08 Å². The summed E-state index contributed by atoms with van der Waals surface area (Å²) in [5.74, 6) is 0.819. The maximum absolute atomic E-state index is 6.45. The van der Waals surface area contributed by atoms with Crippen molar-refractivity contribution in [3.8, 4) is 0 Å². The highest BCUT2D eigenvalue weighted by atomic mass is 35.5. The Balaban J connectivity index is 0.000000758. The summed E-state index contributed by atoms with van der Waals surface area (Å²) < 4.78 is 0. The van der Waals surface area contributed by atoms with Crippen molar-refractivity contribution in [2.75, 3.05) is 19.6 Å². The number of allylic oxidation sites excluding steroid dienone is 1. The van der Waals surface area contributed by atoms with Gasteiger partial charge in [0.15, 0.2) is 0 Å². The Kier molecular flexibility index (Phi) is 8.52. The van der Waals surface area contributed by atoms with Gasteiger partial charge < -0.3 is 4.90 Å². The number of aromatic nitrogens is 2. The molecule has 0 amide bonds. The van der Waals surface area contributed by atoms with Crippen LogP contribution < -0.4 is 0 Å². The summed E-state index contributed by atoms with van der Waals surface area (Å²) in [4.78, 5) is 11.8. The van der Waals surface area contributed by atoms with E-state index in [2.05, 4.69) is 35.2 Å². The number of hydrogen-bond acceptors (Lipinski definition) is 3. The van der Waals surface area contributed by atoms with Crippen LogP contribution in [0.1, 0.15) is 36.0 Å². The molecule has 0 aliphatic carbocycles. The molecule has 138 valence electrons. The second-order valence-electron chi connectivity index (χ2n) is 6.35. The van der Waals surface area contributed by atoms with Gasteiger partial charge in [-0.2, -0.15) is 0 Å². The Bertz CT molecular complexity index is 713. The van der Waals surface area contributed by atoms with Crippen molar-refractivity contribution in [2.45, 2.75) is 32.6 Å². The van der Waals surface area contributed by atoms with Gasteiger partial charge in [0.05, 0.1) is 5.69 Å². The maximum Gasteiger partial charge on any atom is 0.136 e. The molecule has 0 saturated heterocycles. The van der Waals surface area contributed by atoms with Gasteiger partial charge in [-0.3, -0.25) is 0 Å². The molecule has 2 heterocycles. The smallest absolute Gasteiger partial charge is 0.136 e. The highest BCUT2D eigenvalue weighted by Gasteiger charge is 2.19. The molecule has 3 nitrogen and oxygen atoms in total. The molecule has 0 saturated carbocycles. The minimum atomic E-state index is 0.631. The molecule has 3 rings (SSSR count). The number of nitrogens with zero attached hydrogens (tertiary/aromatic N) is 3. The highest BCUT2D eigenvalue weighted by Crippen LogP contribution is 2.22. The van der Waals surface area contributed by atoms with Gasteiger partial charge >= 0.3 is 0 Å². The second kappa shape index (κ2) is 10.9. The summed E-state index contributed by atoms with van der Waals surface area (Å²) in [6, 6.07) is 10.3. The summed E-state index contributed by atoms with van der Waals surface area (Å²) in [7, 11) is 0. The normalized spacial score (nSPS) is 13.8. The van der Waals surface area contributed by atoms with Gasteiger partial charge in [-0.15, -0.1) is 13.2 Å². The first-order valence-electron chi connectivity index (χ1n) is 9.16. The van der Waals surface area contributed by atoms with Crippen LogP contribution >= 0.6 is 11.6 Å². The lowest BCUT2D eigenvalue weighted by Crippen LogP contribution is -2.27. The molecule has 4 heteroatoms. The van der Waals surface area contributed by atoms with E-state index < -0.39 is 0 Å². The van der Waals surface area contributed by atoms with Crippen LogP contribution in [0, 0.1) is 0 Å². The topological polar surface area (TPSA) is 29.0 Å². The molecule has 0 bridgehead atoms. The van der Waals surface area contributed by atoms with E-state index in [-0.39, 0.29) is 0 Å². The fraction of sp³-hybridized carbons (Fsp3) is 0.364. The number of benzene rings is 1. The van der Waals surface area contributed by atoms with Crippen LogP contribution in [-0.2, 0) is 19.3 Å². The zero-order valence-corrected chi connectivity index (χ0v) is 16.4. The molecule has 0 spiro atoms. The molecule has 2 aromatic rings. The summed E-state index contributed by atoms with van der Waals surface area (Å²) in [5.41, 5.74) is 3.46. The predicted octanol–water partition coefficient (Wildman–Crippen LogP) is 4.89. The van der Waals surface area contributed by atoms with Crippen LogP contribution in [0.25, 0.3) is 0 Å². The monoisotopic (exact) mass is 369 g/mol. The lowest BCUT2D eigenvalue weighted by molar-refractivity contribution is 0.293. The van der Waals surface area contributed by atoms with Crippen LogP contribution in [-0.4, -0.2) is 34.5 Å². The number of fused-ring (bicyclic) bond motifs is 1. The molecule has 0 N–H and O–H groups in total. The molecular weight excluding hydrogens is 342 g/mol. The van der Waals surface area contributed by atoms with Crippen LogP contribution in [0.15, 0.2) is 55.6 Å². The highest BCUT2D eigenvalue weighted by molar-refractivity contribution is 6.30. The Morgan fingerprint density at radius 3 is 2.50 bits per heavy atom. The first kappa shape index (κ1) is 20.3. The van der Waals surface area contributed by atoms with E-state index in [1.165, 1.54) is 5.56 Å². The third-order valence-corrected chi connectivity index (χ3v) is 4.60. The third kappa shape index (κ3) is 6.08. The molecular formula is C22H28ClN3. The van der Waals surface area contributed by atoms with Gasteiger partial charge in [-0.1, -0.05) is 54.1 Å². The molecule has 1 aromatic heterocycles. The van der Waals surface area contributed by atoms with Crippen molar-refractivity contribution in [1.82, 2.24) is 14.9 Å². The molecule has 1 aliphatic rings. The predicted molar refractivity (Wildman–Crippen MR) is 111 cm³/mol. The molecule has 0 fully saturated rings. The molecule has 1 aromatic carbocycles. The Morgan fingerprint density at radius 1 is 1.12 bits per heavy atom. The Labute approximate surface area is 162 Å². The number of hydrogen-bond donors (Lipinski definition) is 0. The van der Waals surface area contributed by atoms with Gasteiger partial charge in [0, 0.05) is 38.0 Å². The average molecular weight is 370 g/mol. The van der Waals surface area contributed by atoms with Gasteiger partial charge in [0.1, 0.15) is 11.0 Å². The van der Waals surface area contributed by atoms with Crippen molar-refractivity contribution < 1.29 is 0 Å². The summed E-state index contributed by atoms with van der Waals surface area (Å²) >= 11 is 6.45. The van der Waals surface area contributed by atoms with E-state index in [4.69, 9.17) is 16.6 Å². The van der Waals surface area contributed by atoms with Crippen LogP contribution in [0.5, 0.6) is 0 Å². The fourth-order valence-electron chi connectivity index (χ4n) is 3.00. The van der Waals surface area contributed by atoms with E-state index in [0.29, 0.717) is 5.15 Å². The second-order valence-corrected chi connectivity index (χ2v) is 6.70. The minimum absolute atomic E-state index is 0.631. The van der Waals surface area contributed by atoms with Gasteiger partial charge in [-0.05, 0) is 25.3 Å². The first-order valence-corrected chi connectivity index (χ1v) is 9.54. The van der Waals surface area contributed by atoms with E-state index in [0.717, 1.165) is 62.4 Å². The quantitative estimate of drug-likeness (QED) is 0.555. The van der Waals surface area contributed by atoms with Crippen molar-refractivity contribution in [3.63, 3.8) is 0 Å². The molecule has 1 aliphatic heterocycles. The van der Waals surface area contributed by atoms with E-state index in [1.807, 2.05) is 31.2 Å². The lowest BCUT2D eigenvalue weighted by atomic mass is 10.1. The average Bonchev–Trinajstić information content (AvgIpc) is 2.84. The van der Waals surface area contributed by atoms with Gasteiger partial charge in [-0.25, -0.2) is 9.97 Å². The van der Waals surface area contributed by atoms with E-state index >= 15 is 0 Å². The van der Waals surface area contributed by atoms with Crippen molar-refractivity contribution in [3.05, 3.63) is 83.4 Å². The summed E-state index contributed by atoms with van der Waals surface area (Å²) in [6.07, 6.45) is 7.35. The SMILES string of the molecule is C=CC.C=CCCN1CCc2nc(Cc3ccccc3)nc(Cl)c2CC1. The van der Waals surface area contributed by atoms with Gasteiger partial charge in [0.25, 0.3) is 0 Å². The molecule has 0 atom stereocenters. The lowest BCUT2D eigenvalue weighted by Gasteiger charge is -2.18. The standard InChI is InChI=1S/C19H22ClN3.C3H6/c1-2-3-11-23-12-9-16-17(10-13-23)21-18(22-19(16)20)14-15-7-5-4-6-8-15;1-3-2/h2,4-8H,1,3,9-14H2;3H,1H2,2H3. The van der Waals surface area contributed by atoms with Crippen LogP contribution in [0.2, 0.25) is 5.15 Å². The number of halogens is 1. The van der Waals surface area contributed by atoms with Crippen molar-refractivity contribution in [2.24, 2.45) is 0 Å². The van der Waals surface area contributed by atoms with Crippen molar-refractivity contribution in [1.29, 1.82) is 0 Å². The maximum atomic E-state index is 6.45. The fourth-order valence-corrected chi connectivity index (χ4v) is 3.30. The molecule has 0 radical (unpaired) electrons. The zero-order valence-electron chi connectivity index (χ0n) is 15.6. The summed E-state index contributed by atoms with van der Waals surface area (Å²) in [6.45, 7) is 12.2. The minimum Gasteiger partial charge on any atom is -0.302 e. The molecule has 26 heavy (non-hydrogen) atoms. The number of rotatable bonds is 5.